The third-order valence-electron chi connectivity index (χ3n) is 5.19. The van der Waals surface area contributed by atoms with Crippen LogP contribution in [-0.4, -0.2) is 31.7 Å². The third kappa shape index (κ3) is 5.60. The average Bonchev–Trinajstić information content (AvgIpc) is 2.79. The quantitative estimate of drug-likeness (QED) is 0.516. The summed E-state index contributed by atoms with van der Waals surface area (Å²) in [6.07, 6.45) is 0.843. The lowest BCUT2D eigenvalue weighted by Gasteiger charge is -2.18. The number of anilines is 1. The zero-order valence-electron chi connectivity index (χ0n) is 17.9. The highest BCUT2D eigenvalue weighted by Crippen LogP contribution is 2.27. The summed E-state index contributed by atoms with van der Waals surface area (Å²) in [6, 6.07) is 24.5. The van der Waals surface area contributed by atoms with Crippen LogP contribution in [0.1, 0.15) is 25.8 Å². The van der Waals surface area contributed by atoms with Gasteiger partial charge >= 0.3 is 0 Å². The molecule has 162 valence electrons. The van der Waals surface area contributed by atoms with E-state index in [1.54, 1.807) is 24.3 Å². The van der Waals surface area contributed by atoms with Gasteiger partial charge in [0.2, 0.25) is 15.9 Å². The van der Waals surface area contributed by atoms with E-state index >= 15 is 0 Å². The molecule has 0 aliphatic carbocycles. The summed E-state index contributed by atoms with van der Waals surface area (Å²) in [5, 5.41) is 3.00. The maximum absolute atomic E-state index is 12.6. The summed E-state index contributed by atoms with van der Waals surface area (Å²) >= 11 is 0. The molecule has 31 heavy (non-hydrogen) atoms. The molecule has 0 atom stereocenters. The monoisotopic (exact) mass is 436 g/mol. The molecule has 0 saturated heterocycles. The van der Waals surface area contributed by atoms with E-state index in [0.717, 1.165) is 22.4 Å². The first-order valence-electron chi connectivity index (χ1n) is 10.5. The van der Waals surface area contributed by atoms with Crippen LogP contribution in [0, 0.1) is 0 Å². The van der Waals surface area contributed by atoms with Crippen LogP contribution in [-0.2, 0) is 21.2 Å². The first-order valence-corrected chi connectivity index (χ1v) is 11.9. The normalized spacial score (nSPS) is 11.5. The zero-order chi connectivity index (χ0) is 22.3. The van der Waals surface area contributed by atoms with E-state index in [2.05, 4.69) is 5.32 Å². The first kappa shape index (κ1) is 22.7. The number of amides is 1. The molecule has 0 aliphatic rings. The Morgan fingerprint density at radius 3 is 2.10 bits per heavy atom. The van der Waals surface area contributed by atoms with E-state index < -0.39 is 10.0 Å². The lowest BCUT2D eigenvalue weighted by atomic mass is 10.0. The number of carbonyl (C=O) groups excluding carboxylic acids is 1. The summed E-state index contributed by atoms with van der Waals surface area (Å²) in [6.45, 7) is 4.52. The fourth-order valence-electron chi connectivity index (χ4n) is 3.47. The van der Waals surface area contributed by atoms with Gasteiger partial charge in [-0.05, 0) is 35.7 Å². The standard InChI is InChI=1S/C25H28N2O3S/c1-3-27(4-2)31(29,30)22-17-14-20(15-18-22)16-19-25(28)26-24-13-9-8-12-23(24)21-10-6-5-7-11-21/h5-15,17-18H,3-4,16,19H2,1-2H3,(H,26,28). The van der Waals surface area contributed by atoms with E-state index in [4.69, 9.17) is 0 Å². The number of hydrogen-bond acceptors (Lipinski definition) is 3. The molecule has 0 spiro atoms. The van der Waals surface area contributed by atoms with Crippen molar-refractivity contribution in [2.24, 2.45) is 0 Å². The molecular weight excluding hydrogens is 408 g/mol. The second kappa shape index (κ2) is 10.4. The van der Waals surface area contributed by atoms with E-state index in [0.29, 0.717) is 25.9 Å². The van der Waals surface area contributed by atoms with Gasteiger partial charge in [-0.2, -0.15) is 4.31 Å². The largest absolute Gasteiger partial charge is 0.326 e. The van der Waals surface area contributed by atoms with Gasteiger partial charge in [0.05, 0.1) is 4.90 Å². The van der Waals surface area contributed by atoms with Crippen molar-refractivity contribution >= 4 is 21.6 Å². The molecule has 0 heterocycles. The number of hydrogen-bond donors (Lipinski definition) is 1. The Morgan fingerprint density at radius 1 is 0.839 bits per heavy atom. The van der Waals surface area contributed by atoms with Crippen LogP contribution in [0.3, 0.4) is 0 Å². The second-order valence-electron chi connectivity index (χ2n) is 7.19. The SMILES string of the molecule is CCN(CC)S(=O)(=O)c1ccc(CCC(=O)Nc2ccccc2-c2ccccc2)cc1. The van der Waals surface area contributed by atoms with Crippen molar-refractivity contribution in [1.29, 1.82) is 0 Å². The van der Waals surface area contributed by atoms with E-state index in [-0.39, 0.29) is 10.8 Å². The molecule has 3 aromatic rings. The van der Waals surface area contributed by atoms with Crippen LogP contribution < -0.4 is 5.32 Å². The maximum atomic E-state index is 12.6. The maximum Gasteiger partial charge on any atom is 0.243 e. The van der Waals surface area contributed by atoms with Gasteiger partial charge in [0.15, 0.2) is 0 Å². The molecule has 0 radical (unpaired) electrons. The molecule has 0 aromatic heterocycles. The highest BCUT2D eigenvalue weighted by atomic mass is 32.2. The molecule has 0 unspecified atom stereocenters. The highest BCUT2D eigenvalue weighted by molar-refractivity contribution is 7.89. The number of nitrogens with zero attached hydrogens (tertiary/aromatic N) is 1. The van der Waals surface area contributed by atoms with Crippen LogP contribution in [0.25, 0.3) is 11.1 Å². The summed E-state index contributed by atoms with van der Waals surface area (Å²) in [5.74, 6) is -0.0804. The fourth-order valence-corrected chi connectivity index (χ4v) is 4.93. The molecule has 0 aliphatic heterocycles. The highest BCUT2D eigenvalue weighted by Gasteiger charge is 2.21. The summed E-state index contributed by atoms with van der Waals surface area (Å²) in [4.78, 5) is 12.8. The van der Waals surface area contributed by atoms with Crippen molar-refractivity contribution in [2.75, 3.05) is 18.4 Å². The van der Waals surface area contributed by atoms with Gasteiger partial charge in [0.1, 0.15) is 0 Å². The van der Waals surface area contributed by atoms with Crippen molar-refractivity contribution in [2.45, 2.75) is 31.6 Å². The van der Waals surface area contributed by atoms with Gasteiger partial charge in [-0.25, -0.2) is 8.42 Å². The van der Waals surface area contributed by atoms with Crippen LogP contribution in [0.15, 0.2) is 83.8 Å². The predicted molar refractivity (Wildman–Crippen MR) is 125 cm³/mol. The van der Waals surface area contributed by atoms with Crippen LogP contribution in [0.2, 0.25) is 0 Å². The summed E-state index contributed by atoms with van der Waals surface area (Å²) in [7, 11) is -3.47. The van der Waals surface area contributed by atoms with Crippen LogP contribution >= 0.6 is 0 Å². The predicted octanol–water partition coefficient (Wildman–Crippen LogP) is 4.96. The van der Waals surface area contributed by atoms with Gasteiger partial charge in [0.25, 0.3) is 0 Å². The Balaban J connectivity index is 1.64. The molecule has 1 amide bonds. The lowest BCUT2D eigenvalue weighted by molar-refractivity contribution is -0.116. The number of sulfonamides is 1. The number of carbonyl (C=O) groups is 1. The number of rotatable bonds is 9. The number of benzene rings is 3. The smallest absolute Gasteiger partial charge is 0.243 e. The Labute approximate surface area is 184 Å². The van der Waals surface area contributed by atoms with E-state index in [1.807, 2.05) is 68.4 Å². The zero-order valence-corrected chi connectivity index (χ0v) is 18.7. The fraction of sp³-hybridized carbons (Fsp3) is 0.240. The Hall–Kier alpha value is -2.96. The van der Waals surface area contributed by atoms with Crippen molar-refractivity contribution in [3.63, 3.8) is 0 Å². The molecule has 0 fully saturated rings. The molecule has 5 nitrogen and oxygen atoms in total. The van der Waals surface area contributed by atoms with E-state index in [9.17, 15) is 13.2 Å². The Kier molecular flexibility index (Phi) is 7.60. The molecular formula is C25H28N2O3S. The lowest BCUT2D eigenvalue weighted by Crippen LogP contribution is -2.30. The molecule has 6 heteroatoms. The Bertz CT molecular complexity index is 1110. The van der Waals surface area contributed by atoms with Crippen molar-refractivity contribution in [1.82, 2.24) is 4.31 Å². The van der Waals surface area contributed by atoms with Crippen molar-refractivity contribution in [3.05, 3.63) is 84.4 Å². The number of nitrogens with one attached hydrogen (secondary N) is 1. The van der Waals surface area contributed by atoms with Crippen LogP contribution in [0.5, 0.6) is 0 Å². The minimum absolute atomic E-state index is 0.0804. The first-order chi connectivity index (χ1) is 15.0. The van der Waals surface area contributed by atoms with Gasteiger partial charge in [-0.1, -0.05) is 74.5 Å². The van der Waals surface area contributed by atoms with E-state index in [1.165, 1.54) is 4.31 Å². The van der Waals surface area contributed by atoms with Crippen molar-refractivity contribution in [3.8, 4) is 11.1 Å². The minimum atomic E-state index is -3.47. The van der Waals surface area contributed by atoms with Gasteiger partial charge in [0, 0.05) is 30.8 Å². The molecule has 3 rings (SSSR count). The summed E-state index contributed by atoms with van der Waals surface area (Å²) < 4.78 is 26.6. The molecule has 3 aromatic carbocycles. The average molecular weight is 437 g/mol. The number of aryl methyl sites for hydroxylation is 1. The minimum Gasteiger partial charge on any atom is -0.326 e. The molecule has 0 bridgehead atoms. The molecule has 1 N–H and O–H groups in total. The van der Waals surface area contributed by atoms with Gasteiger partial charge in [-0.15, -0.1) is 0 Å². The Morgan fingerprint density at radius 2 is 1.45 bits per heavy atom. The number of para-hydroxylation sites is 1. The molecule has 0 saturated carbocycles. The topological polar surface area (TPSA) is 66.5 Å². The summed E-state index contributed by atoms with van der Waals surface area (Å²) in [5.41, 5.74) is 3.72. The second-order valence-corrected chi connectivity index (χ2v) is 9.13. The van der Waals surface area contributed by atoms with Gasteiger partial charge < -0.3 is 5.32 Å². The van der Waals surface area contributed by atoms with Gasteiger partial charge in [-0.3, -0.25) is 4.79 Å². The third-order valence-corrected chi connectivity index (χ3v) is 7.26. The van der Waals surface area contributed by atoms with Crippen LogP contribution in [0.4, 0.5) is 5.69 Å². The van der Waals surface area contributed by atoms with Crippen molar-refractivity contribution < 1.29 is 13.2 Å².